The Morgan fingerprint density at radius 2 is 1.74 bits per heavy atom. The van der Waals surface area contributed by atoms with Crippen molar-refractivity contribution in [3.8, 4) is 17.6 Å². The number of nitrogens with zero attached hydrogens (tertiary/aromatic N) is 1. The molecule has 2 aromatic rings. The lowest BCUT2D eigenvalue weighted by molar-refractivity contribution is -0.112. The SMILES string of the molecule is COc1ccc(NC(F)=C(C#N)C(=O)Nc2cc(OC)c(Cl)cc2Cl)cc1. The van der Waals surface area contributed by atoms with Gasteiger partial charge in [0.2, 0.25) is 5.95 Å². The second kappa shape index (κ2) is 9.12. The van der Waals surface area contributed by atoms with Crippen LogP contribution in [-0.4, -0.2) is 20.1 Å². The smallest absolute Gasteiger partial charge is 0.271 e. The Balaban J connectivity index is 2.23. The van der Waals surface area contributed by atoms with Crippen LogP contribution in [0.5, 0.6) is 11.5 Å². The van der Waals surface area contributed by atoms with Crippen LogP contribution in [0.1, 0.15) is 0 Å². The number of nitrogens with one attached hydrogen (secondary N) is 2. The fourth-order valence-corrected chi connectivity index (χ4v) is 2.54. The monoisotopic (exact) mass is 409 g/mol. The molecule has 9 heteroatoms. The molecule has 2 rings (SSSR count). The van der Waals surface area contributed by atoms with E-state index in [0.29, 0.717) is 11.4 Å². The van der Waals surface area contributed by atoms with Crippen molar-refractivity contribution in [1.29, 1.82) is 5.26 Å². The third-order valence-electron chi connectivity index (χ3n) is 3.39. The fraction of sp³-hybridized carbons (Fsp3) is 0.111. The number of hydrogen-bond donors (Lipinski definition) is 2. The van der Waals surface area contributed by atoms with Crippen molar-refractivity contribution in [3.05, 3.63) is 58.0 Å². The Labute approximate surface area is 165 Å². The lowest BCUT2D eigenvalue weighted by Crippen LogP contribution is -2.17. The Morgan fingerprint density at radius 3 is 2.30 bits per heavy atom. The van der Waals surface area contributed by atoms with E-state index in [2.05, 4.69) is 10.6 Å². The van der Waals surface area contributed by atoms with Crippen LogP contribution in [0, 0.1) is 11.3 Å². The Bertz CT molecular complexity index is 925. The zero-order chi connectivity index (χ0) is 20.0. The topological polar surface area (TPSA) is 83.4 Å². The number of nitriles is 1. The third kappa shape index (κ3) is 5.03. The van der Waals surface area contributed by atoms with Gasteiger partial charge in [0.1, 0.15) is 17.6 Å². The largest absolute Gasteiger partial charge is 0.497 e. The van der Waals surface area contributed by atoms with Crippen molar-refractivity contribution in [2.45, 2.75) is 0 Å². The molecule has 2 aromatic carbocycles. The Hall–Kier alpha value is -2.95. The molecule has 2 N–H and O–H groups in total. The highest BCUT2D eigenvalue weighted by atomic mass is 35.5. The molecule has 27 heavy (non-hydrogen) atoms. The number of ether oxygens (including phenoxy) is 2. The molecule has 0 saturated heterocycles. The second-order valence-electron chi connectivity index (χ2n) is 5.08. The summed E-state index contributed by atoms with van der Waals surface area (Å²) >= 11 is 11.9. The minimum absolute atomic E-state index is 0.106. The Kier molecular flexibility index (Phi) is 6.88. The predicted octanol–water partition coefficient (Wildman–Crippen LogP) is 4.77. The molecular weight excluding hydrogens is 396 g/mol. The van der Waals surface area contributed by atoms with Gasteiger partial charge in [-0.3, -0.25) is 4.79 Å². The number of benzene rings is 2. The van der Waals surface area contributed by atoms with Gasteiger partial charge >= 0.3 is 0 Å². The minimum atomic E-state index is -1.11. The summed E-state index contributed by atoms with van der Waals surface area (Å²) in [5, 5.41) is 14.2. The van der Waals surface area contributed by atoms with Crippen LogP contribution in [0.2, 0.25) is 10.0 Å². The van der Waals surface area contributed by atoms with Gasteiger partial charge in [-0.15, -0.1) is 0 Å². The van der Waals surface area contributed by atoms with E-state index in [1.54, 1.807) is 12.1 Å². The molecule has 0 saturated carbocycles. The van der Waals surface area contributed by atoms with Crippen molar-refractivity contribution in [3.63, 3.8) is 0 Å². The summed E-state index contributed by atoms with van der Waals surface area (Å²) in [6.45, 7) is 0. The van der Waals surface area contributed by atoms with E-state index in [1.807, 2.05) is 0 Å². The quantitative estimate of drug-likeness (QED) is 0.407. The van der Waals surface area contributed by atoms with E-state index < -0.39 is 17.4 Å². The zero-order valence-electron chi connectivity index (χ0n) is 14.3. The van der Waals surface area contributed by atoms with Crippen LogP contribution in [-0.2, 0) is 4.79 Å². The number of anilines is 2. The summed E-state index contributed by atoms with van der Waals surface area (Å²) in [7, 11) is 2.89. The molecule has 0 bridgehead atoms. The number of rotatable bonds is 6. The van der Waals surface area contributed by atoms with Gasteiger partial charge in [-0.25, -0.2) is 0 Å². The first-order valence-electron chi connectivity index (χ1n) is 7.45. The minimum Gasteiger partial charge on any atom is -0.497 e. The van der Waals surface area contributed by atoms with Crippen molar-refractivity contribution in [1.82, 2.24) is 0 Å². The van der Waals surface area contributed by atoms with Crippen molar-refractivity contribution >= 4 is 40.5 Å². The number of amides is 1. The highest BCUT2D eigenvalue weighted by Gasteiger charge is 2.18. The summed E-state index contributed by atoms with van der Waals surface area (Å²) < 4.78 is 24.4. The van der Waals surface area contributed by atoms with Gasteiger partial charge in [0.15, 0.2) is 5.57 Å². The standard InChI is InChI=1S/C18H14Cl2FN3O3/c1-26-11-5-3-10(4-6-11)23-17(21)12(9-22)18(25)24-15-8-16(27-2)14(20)7-13(15)19/h3-8,23H,1-2H3,(H,24,25). The van der Waals surface area contributed by atoms with Gasteiger partial charge in [-0.05, 0) is 30.3 Å². The molecule has 6 nitrogen and oxygen atoms in total. The summed E-state index contributed by atoms with van der Waals surface area (Å²) in [5.41, 5.74) is -0.302. The molecule has 0 radical (unpaired) electrons. The van der Waals surface area contributed by atoms with Crippen molar-refractivity contribution < 1.29 is 18.7 Å². The van der Waals surface area contributed by atoms with Crippen LogP contribution in [0.25, 0.3) is 0 Å². The summed E-state index contributed by atoms with van der Waals surface area (Å²) in [6.07, 6.45) is 0. The molecule has 0 heterocycles. The fourth-order valence-electron chi connectivity index (χ4n) is 2.03. The van der Waals surface area contributed by atoms with Crippen LogP contribution >= 0.6 is 23.2 Å². The Morgan fingerprint density at radius 1 is 1.07 bits per heavy atom. The van der Waals surface area contributed by atoms with Crippen LogP contribution in [0.4, 0.5) is 15.8 Å². The predicted molar refractivity (Wildman–Crippen MR) is 102 cm³/mol. The van der Waals surface area contributed by atoms with Crippen molar-refractivity contribution in [2.24, 2.45) is 0 Å². The second-order valence-corrected chi connectivity index (χ2v) is 5.89. The maximum Gasteiger partial charge on any atom is 0.271 e. The van der Waals surface area contributed by atoms with E-state index >= 15 is 0 Å². The molecule has 0 spiro atoms. The first kappa shape index (κ1) is 20.4. The molecule has 0 fully saturated rings. The lowest BCUT2D eigenvalue weighted by Gasteiger charge is -2.11. The molecular formula is C18H14Cl2FN3O3. The summed E-state index contributed by atoms with van der Waals surface area (Å²) in [6, 6.07) is 10.5. The van der Waals surface area contributed by atoms with Crippen LogP contribution < -0.4 is 20.1 Å². The third-order valence-corrected chi connectivity index (χ3v) is 4.00. The van der Waals surface area contributed by atoms with E-state index in [4.69, 9.17) is 32.7 Å². The average molecular weight is 410 g/mol. The van der Waals surface area contributed by atoms with Gasteiger partial charge in [-0.1, -0.05) is 23.2 Å². The molecule has 0 aliphatic carbocycles. The maximum absolute atomic E-state index is 14.4. The van der Waals surface area contributed by atoms with Gasteiger partial charge < -0.3 is 20.1 Å². The first-order valence-corrected chi connectivity index (χ1v) is 8.20. The van der Waals surface area contributed by atoms with Gasteiger partial charge in [0.05, 0.1) is 30.0 Å². The number of carbonyl (C=O) groups is 1. The lowest BCUT2D eigenvalue weighted by atomic mass is 10.2. The molecule has 1 amide bonds. The van der Waals surface area contributed by atoms with E-state index in [-0.39, 0.29) is 21.5 Å². The molecule has 0 aliphatic heterocycles. The number of hydrogen-bond acceptors (Lipinski definition) is 5. The highest BCUT2D eigenvalue weighted by molar-refractivity contribution is 6.37. The van der Waals surface area contributed by atoms with Gasteiger partial charge in [0.25, 0.3) is 5.91 Å². The molecule has 0 aromatic heterocycles. The van der Waals surface area contributed by atoms with E-state index in [9.17, 15) is 14.4 Å². The summed E-state index contributed by atoms with van der Waals surface area (Å²) in [5.74, 6) is -1.26. The zero-order valence-corrected chi connectivity index (χ0v) is 15.8. The van der Waals surface area contributed by atoms with Crippen LogP contribution in [0.15, 0.2) is 47.9 Å². The normalized spacial score (nSPS) is 11.1. The van der Waals surface area contributed by atoms with Gasteiger partial charge in [-0.2, -0.15) is 9.65 Å². The number of halogens is 3. The number of methoxy groups -OCH3 is 2. The first-order chi connectivity index (χ1) is 12.9. The highest BCUT2D eigenvalue weighted by Crippen LogP contribution is 2.34. The molecule has 0 aliphatic rings. The molecule has 0 atom stereocenters. The average Bonchev–Trinajstić information content (AvgIpc) is 2.65. The van der Waals surface area contributed by atoms with Crippen molar-refractivity contribution in [2.75, 3.05) is 24.9 Å². The van der Waals surface area contributed by atoms with Gasteiger partial charge in [0, 0.05) is 11.8 Å². The summed E-state index contributed by atoms with van der Waals surface area (Å²) in [4.78, 5) is 12.3. The number of carbonyl (C=O) groups excluding carboxylic acids is 1. The van der Waals surface area contributed by atoms with E-state index in [0.717, 1.165) is 0 Å². The van der Waals surface area contributed by atoms with Crippen LogP contribution in [0.3, 0.4) is 0 Å². The molecule has 0 unspecified atom stereocenters. The molecule has 140 valence electrons. The van der Waals surface area contributed by atoms with E-state index in [1.165, 1.54) is 44.6 Å². The maximum atomic E-state index is 14.4.